The summed E-state index contributed by atoms with van der Waals surface area (Å²) in [6, 6.07) is 3.09. The number of carbonyl (C=O) groups is 2. The first kappa shape index (κ1) is 15.4. The standard InChI is InChI=1S/C13H18ClN3O2/c1-8(2)6-15-12(18)7-16-13(19)10-4-9(3)17-11(14)5-10/h4-5,8H,6-7H2,1-3H3,(H,15,18)(H,16,19). The number of rotatable bonds is 5. The van der Waals surface area contributed by atoms with Crippen LogP contribution in [0.1, 0.15) is 29.9 Å². The zero-order valence-corrected chi connectivity index (χ0v) is 12.0. The molecule has 6 heteroatoms. The molecule has 19 heavy (non-hydrogen) atoms. The largest absolute Gasteiger partial charge is 0.354 e. The van der Waals surface area contributed by atoms with Crippen LogP contribution in [-0.2, 0) is 4.79 Å². The van der Waals surface area contributed by atoms with Gasteiger partial charge in [-0.2, -0.15) is 0 Å². The number of halogens is 1. The van der Waals surface area contributed by atoms with E-state index in [2.05, 4.69) is 15.6 Å². The summed E-state index contributed by atoms with van der Waals surface area (Å²) in [4.78, 5) is 27.2. The van der Waals surface area contributed by atoms with E-state index in [4.69, 9.17) is 11.6 Å². The minimum Gasteiger partial charge on any atom is -0.354 e. The van der Waals surface area contributed by atoms with Crippen LogP contribution in [0.15, 0.2) is 12.1 Å². The van der Waals surface area contributed by atoms with Crippen molar-refractivity contribution in [3.63, 3.8) is 0 Å². The predicted octanol–water partition coefficient (Wildman–Crippen LogP) is 1.55. The first-order valence-corrected chi connectivity index (χ1v) is 6.45. The molecule has 0 bridgehead atoms. The predicted molar refractivity (Wildman–Crippen MR) is 74.2 cm³/mol. The normalized spacial score (nSPS) is 10.4. The van der Waals surface area contributed by atoms with Crippen molar-refractivity contribution in [2.45, 2.75) is 20.8 Å². The molecular formula is C13H18ClN3O2. The molecule has 0 radical (unpaired) electrons. The molecule has 0 atom stereocenters. The number of pyridine rings is 1. The molecule has 1 aromatic rings. The van der Waals surface area contributed by atoms with Crippen molar-refractivity contribution in [3.8, 4) is 0 Å². The Balaban J connectivity index is 2.49. The van der Waals surface area contributed by atoms with E-state index < -0.39 is 0 Å². The SMILES string of the molecule is Cc1cc(C(=O)NCC(=O)NCC(C)C)cc(Cl)n1. The van der Waals surface area contributed by atoms with E-state index in [1.54, 1.807) is 13.0 Å². The Morgan fingerprint density at radius 3 is 2.58 bits per heavy atom. The fraction of sp³-hybridized carbons (Fsp3) is 0.462. The van der Waals surface area contributed by atoms with Crippen LogP contribution >= 0.6 is 11.6 Å². The van der Waals surface area contributed by atoms with E-state index in [9.17, 15) is 9.59 Å². The molecule has 0 aromatic carbocycles. The molecule has 5 nitrogen and oxygen atoms in total. The Kier molecular flexibility index (Phi) is 5.76. The lowest BCUT2D eigenvalue weighted by molar-refractivity contribution is -0.120. The average molecular weight is 284 g/mol. The molecule has 1 aromatic heterocycles. The second kappa shape index (κ2) is 7.09. The minimum atomic E-state index is -0.341. The topological polar surface area (TPSA) is 71.1 Å². The van der Waals surface area contributed by atoms with Crippen LogP contribution in [0.2, 0.25) is 5.15 Å². The van der Waals surface area contributed by atoms with E-state index >= 15 is 0 Å². The third-order valence-corrected chi connectivity index (χ3v) is 2.49. The smallest absolute Gasteiger partial charge is 0.251 e. The number of carbonyl (C=O) groups excluding carboxylic acids is 2. The van der Waals surface area contributed by atoms with Gasteiger partial charge in [-0.3, -0.25) is 9.59 Å². The van der Waals surface area contributed by atoms with E-state index in [0.717, 1.165) is 0 Å². The number of hydrogen-bond acceptors (Lipinski definition) is 3. The van der Waals surface area contributed by atoms with Gasteiger partial charge in [0.1, 0.15) is 5.15 Å². The van der Waals surface area contributed by atoms with Crippen LogP contribution in [0.3, 0.4) is 0 Å². The van der Waals surface area contributed by atoms with E-state index in [1.165, 1.54) is 6.07 Å². The van der Waals surface area contributed by atoms with Gasteiger partial charge in [0.25, 0.3) is 5.91 Å². The van der Waals surface area contributed by atoms with E-state index in [1.807, 2.05) is 13.8 Å². The minimum absolute atomic E-state index is 0.0510. The summed E-state index contributed by atoms with van der Waals surface area (Å²) in [5.41, 5.74) is 1.05. The summed E-state index contributed by atoms with van der Waals surface area (Å²) in [7, 11) is 0. The highest BCUT2D eigenvalue weighted by Gasteiger charge is 2.09. The Bertz CT molecular complexity index is 455. The monoisotopic (exact) mass is 283 g/mol. The van der Waals surface area contributed by atoms with Crippen molar-refractivity contribution in [2.24, 2.45) is 5.92 Å². The first-order valence-electron chi connectivity index (χ1n) is 6.07. The third-order valence-electron chi connectivity index (χ3n) is 2.30. The van der Waals surface area contributed by atoms with Crippen molar-refractivity contribution >= 4 is 23.4 Å². The van der Waals surface area contributed by atoms with Gasteiger partial charge in [-0.25, -0.2) is 4.98 Å². The van der Waals surface area contributed by atoms with Crippen LogP contribution in [0, 0.1) is 12.8 Å². The van der Waals surface area contributed by atoms with Crippen LogP contribution in [-0.4, -0.2) is 29.9 Å². The van der Waals surface area contributed by atoms with E-state index in [-0.39, 0.29) is 23.5 Å². The highest BCUT2D eigenvalue weighted by Crippen LogP contribution is 2.10. The molecule has 0 aliphatic carbocycles. The molecule has 0 saturated heterocycles. The van der Waals surface area contributed by atoms with E-state index in [0.29, 0.717) is 23.7 Å². The van der Waals surface area contributed by atoms with Gasteiger partial charge in [-0.05, 0) is 25.0 Å². The van der Waals surface area contributed by atoms with Crippen molar-refractivity contribution in [2.75, 3.05) is 13.1 Å². The molecule has 2 N–H and O–H groups in total. The van der Waals surface area contributed by atoms with Crippen LogP contribution in [0.4, 0.5) is 0 Å². The summed E-state index contributed by atoms with van der Waals surface area (Å²) in [6.45, 7) is 6.29. The summed E-state index contributed by atoms with van der Waals surface area (Å²) in [5, 5.41) is 5.52. The van der Waals surface area contributed by atoms with Gasteiger partial charge < -0.3 is 10.6 Å². The summed E-state index contributed by atoms with van der Waals surface area (Å²) >= 11 is 5.77. The lowest BCUT2D eigenvalue weighted by Gasteiger charge is -2.09. The van der Waals surface area contributed by atoms with Crippen LogP contribution in [0.5, 0.6) is 0 Å². The molecule has 0 spiro atoms. The molecule has 0 aliphatic rings. The Labute approximate surface area is 117 Å². The maximum absolute atomic E-state index is 11.8. The fourth-order valence-corrected chi connectivity index (χ4v) is 1.65. The average Bonchev–Trinajstić information content (AvgIpc) is 2.32. The van der Waals surface area contributed by atoms with Gasteiger partial charge >= 0.3 is 0 Å². The maximum Gasteiger partial charge on any atom is 0.251 e. The van der Waals surface area contributed by atoms with Crippen molar-refractivity contribution in [1.29, 1.82) is 0 Å². The molecule has 0 fully saturated rings. The van der Waals surface area contributed by atoms with Gasteiger partial charge in [0.2, 0.25) is 5.91 Å². The second-order valence-corrected chi connectivity index (χ2v) is 5.09. The Hall–Kier alpha value is -1.62. The lowest BCUT2D eigenvalue weighted by atomic mass is 10.2. The van der Waals surface area contributed by atoms with Crippen molar-refractivity contribution < 1.29 is 9.59 Å². The van der Waals surface area contributed by atoms with Crippen molar-refractivity contribution in [3.05, 3.63) is 28.5 Å². The summed E-state index contributed by atoms with van der Waals surface area (Å²) in [6.07, 6.45) is 0. The van der Waals surface area contributed by atoms with Crippen molar-refractivity contribution in [1.82, 2.24) is 15.6 Å². The summed E-state index contributed by atoms with van der Waals surface area (Å²) in [5.74, 6) is -0.174. The Morgan fingerprint density at radius 2 is 2.00 bits per heavy atom. The number of nitrogens with zero attached hydrogens (tertiary/aromatic N) is 1. The molecule has 0 unspecified atom stereocenters. The zero-order chi connectivity index (χ0) is 14.4. The van der Waals surface area contributed by atoms with Gasteiger partial charge in [0, 0.05) is 17.8 Å². The number of nitrogens with one attached hydrogen (secondary N) is 2. The molecular weight excluding hydrogens is 266 g/mol. The van der Waals surface area contributed by atoms with Gasteiger partial charge in [0.15, 0.2) is 0 Å². The fourth-order valence-electron chi connectivity index (χ4n) is 1.40. The zero-order valence-electron chi connectivity index (χ0n) is 11.3. The number of hydrogen-bond donors (Lipinski definition) is 2. The van der Waals surface area contributed by atoms with Gasteiger partial charge in [-0.15, -0.1) is 0 Å². The molecule has 1 heterocycles. The maximum atomic E-state index is 11.8. The molecule has 0 saturated carbocycles. The van der Waals surface area contributed by atoms with Gasteiger partial charge in [0.05, 0.1) is 6.54 Å². The molecule has 0 aliphatic heterocycles. The van der Waals surface area contributed by atoms with Crippen LogP contribution in [0.25, 0.3) is 0 Å². The van der Waals surface area contributed by atoms with Gasteiger partial charge in [-0.1, -0.05) is 25.4 Å². The molecule has 2 amide bonds. The number of aromatic nitrogens is 1. The highest BCUT2D eigenvalue weighted by molar-refractivity contribution is 6.29. The quantitative estimate of drug-likeness (QED) is 0.806. The number of aryl methyl sites for hydroxylation is 1. The Morgan fingerprint density at radius 1 is 1.32 bits per heavy atom. The second-order valence-electron chi connectivity index (χ2n) is 4.70. The number of amides is 2. The highest BCUT2D eigenvalue weighted by atomic mass is 35.5. The summed E-state index contributed by atoms with van der Waals surface area (Å²) < 4.78 is 0. The molecule has 104 valence electrons. The third kappa shape index (κ3) is 5.70. The first-order chi connectivity index (χ1) is 8.88. The molecule has 1 rings (SSSR count). The van der Waals surface area contributed by atoms with Crippen LogP contribution < -0.4 is 10.6 Å². The lowest BCUT2D eigenvalue weighted by Crippen LogP contribution is -2.38.